The number of carbonyl (C=O) groups is 1. The summed E-state index contributed by atoms with van der Waals surface area (Å²) in [5, 5.41) is 3.12. The van der Waals surface area contributed by atoms with E-state index in [4.69, 9.17) is 9.47 Å². The number of hydrogen-bond donors (Lipinski definition) is 1. The van der Waals surface area contributed by atoms with Crippen molar-refractivity contribution in [3.05, 3.63) is 0 Å². The Labute approximate surface area is 138 Å². The Morgan fingerprint density at radius 1 is 1.23 bits per heavy atom. The molecule has 3 saturated heterocycles. The lowest BCUT2D eigenvalue weighted by Gasteiger charge is -2.42. The van der Waals surface area contributed by atoms with Gasteiger partial charge in [0.2, 0.25) is 5.91 Å². The zero-order chi connectivity index (χ0) is 15.3. The molecule has 1 amide bonds. The molecule has 1 spiro atoms. The maximum absolute atomic E-state index is 12.1. The molecule has 22 heavy (non-hydrogen) atoms. The SMILES string of the molecule is O=C(CC1CCC2(CCOCC2)CO1)NCC1CCCSC1. The van der Waals surface area contributed by atoms with Gasteiger partial charge in [-0.25, -0.2) is 0 Å². The number of ether oxygens (including phenoxy) is 2. The fourth-order valence-corrected chi connectivity index (χ4v) is 4.94. The molecule has 2 unspecified atom stereocenters. The van der Waals surface area contributed by atoms with Crippen LogP contribution in [0, 0.1) is 11.3 Å². The fourth-order valence-electron chi connectivity index (χ4n) is 3.78. The van der Waals surface area contributed by atoms with Gasteiger partial charge in [-0.2, -0.15) is 11.8 Å². The molecule has 0 saturated carbocycles. The van der Waals surface area contributed by atoms with Crippen LogP contribution in [0.15, 0.2) is 0 Å². The molecule has 126 valence electrons. The summed E-state index contributed by atoms with van der Waals surface area (Å²) in [5.74, 6) is 3.32. The molecule has 3 aliphatic heterocycles. The standard InChI is InChI=1S/C17H29NO3S/c19-16(18-11-14-2-1-9-22-12-14)10-15-3-4-17(13-21-15)5-7-20-8-6-17/h14-15H,1-13H2,(H,18,19). The maximum Gasteiger partial charge on any atom is 0.222 e. The van der Waals surface area contributed by atoms with Gasteiger partial charge in [0.15, 0.2) is 0 Å². The second-order valence-corrected chi connectivity index (χ2v) is 8.33. The lowest BCUT2D eigenvalue weighted by molar-refractivity contribution is -0.132. The lowest BCUT2D eigenvalue weighted by atomic mass is 9.75. The van der Waals surface area contributed by atoms with Gasteiger partial charge in [0.05, 0.1) is 19.1 Å². The van der Waals surface area contributed by atoms with E-state index in [1.54, 1.807) is 0 Å². The molecule has 3 fully saturated rings. The maximum atomic E-state index is 12.1. The summed E-state index contributed by atoms with van der Waals surface area (Å²) in [7, 11) is 0. The first-order valence-electron chi connectivity index (χ1n) is 8.80. The van der Waals surface area contributed by atoms with E-state index in [0.29, 0.717) is 17.8 Å². The Kier molecular flexibility index (Phi) is 6.05. The lowest BCUT2D eigenvalue weighted by Crippen LogP contribution is -2.42. The van der Waals surface area contributed by atoms with Crippen molar-refractivity contribution in [2.24, 2.45) is 11.3 Å². The second-order valence-electron chi connectivity index (χ2n) is 7.18. The van der Waals surface area contributed by atoms with Crippen LogP contribution in [0.1, 0.15) is 44.9 Å². The number of rotatable bonds is 4. The number of hydrogen-bond acceptors (Lipinski definition) is 4. The molecule has 3 heterocycles. The molecule has 5 heteroatoms. The molecule has 0 aromatic rings. The van der Waals surface area contributed by atoms with Crippen LogP contribution in [0.4, 0.5) is 0 Å². The van der Waals surface area contributed by atoms with Gasteiger partial charge < -0.3 is 14.8 Å². The minimum Gasteiger partial charge on any atom is -0.381 e. The molecule has 3 aliphatic rings. The normalized spacial score (nSPS) is 31.8. The van der Waals surface area contributed by atoms with Crippen LogP contribution in [0.5, 0.6) is 0 Å². The van der Waals surface area contributed by atoms with Crippen molar-refractivity contribution < 1.29 is 14.3 Å². The molecule has 1 N–H and O–H groups in total. The molecule has 0 aromatic carbocycles. The summed E-state index contributed by atoms with van der Waals surface area (Å²) in [6, 6.07) is 0. The fraction of sp³-hybridized carbons (Fsp3) is 0.941. The first-order valence-corrected chi connectivity index (χ1v) is 9.95. The molecule has 0 aliphatic carbocycles. The number of thioether (sulfide) groups is 1. The van der Waals surface area contributed by atoms with Crippen molar-refractivity contribution in [1.82, 2.24) is 5.32 Å². The van der Waals surface area contributed by atoms with Gasteiger partial charge in [0.25, 0.3) is 0 Å². The predicted octanol–water partition coefficient (Wildman–Crippen LogP) is 2.61. The van der Waals surface area contributed by atoms with Crippen LogP contribution in [0.3, 0.4) is 0 Å². The van der Waals surface area contributed by atoms with Crippen molar-refractivity contribution in [2.75, 3.05) is 37.9 Å². The van der Waals surface area contributed by atoms with Crippen molar-refractivity contribution in [3.63, 3.8) is 0 Å². The van der Waals surface area contributed by atoms with Crippen molar-refractivity contribution in [3.8, 4) is 0 Å². The Hall–Kier alpha value is -0.260. The molecule has 4 nitrogen and oxygen atoms in total. The highest BCUT2D eigenvalue weighted by Gasteiger charge is 2.37. The van der Waals surface area contributed by atoms with Crippen molar-refractivity contribution in [1.29, 1.82) is 0 Å². The van der Waals surface area contributed by atoms with Gasteiger partial charge in [0.1, 0.15) is 0 Å². The van der Waals surface area contributed by atoms with E-state index in [1.165, 1.54) is 30.8 Å². The molecule has 0 bridgehead atoms. The van der Waals surface area contributed by atoms with Crippen LogP contribution < -0.4 is 5.32 Å². The number of carbonyl (C=O) groups excluding carboxylic acids is 1. The number of amides is 1. The average Bonchev–Trinajstić information content (AvgIpc) is 2.57. The molecule has 3 rings (SSSR count). The van der Waals surface area contributed by atoms with E-state index < -0.39 is 0 Å². The highest BCUT2D eigenvalue weighted by Crippen LogP contribution is 2.40. The van der Waals surface area contributed by atoms with E-state index in [-0.39, 0.29) is 12.0 Å². The van der Waals surface area contributed by atoms with E-state index in [1.807, 2.05) is 11.8 Å². The van der Waals surface area contributed by atoms with Crippen LogP contribution in [-0.2, 0) is 14.3 Å². The third-order valence-corrected chi connectivity index (χ3v) is 6.72. The average molecular weight is 327 g/mol. The van der Waals surface area contributed by atoms with Gasteiger partial charge >= 0.3 is 0 Å². The predicted molar refractivity (Wildman–Crippen MR) is 89.1 cm³/mol. The molecular weight excluding hydrogens is 298 g/mol. The Bertz CT molecular complexity index is 355. The zero-order valence-corrected chi connectivity index (χ0v) is 14.3. The topological polar surface area (TPSA) is 47.6 Å². The largest absolute Gasteiger partial charge is 0.381 e. The Morgan fingerprint density at radius 2 is 2.09 bits per heavy atom. The Balaban J connectivity index is 1.34. The molecule has 0 aromatic heterocycles. The van der Waals surface area contributed by atoms with Gasteiger partial charge in [-0.15, -0.1) is 0 Å². The third-order valence-electron chi connectivity index (χ3n) is 5.43. The molecular formula is C17H29NO3S. The van der Waals surface area contributed by atoms with E-state index in [0.717, 1.165) is 45.6 Å². The van der Waals surface area contributed by atoms with Crippen LogP contribution in [0.2, 0.25) is 0 Å². The summed E-state index contributed by atoms with van der Waals surface area (Å²) in [4.78, 5) is 12.1. The quantitative estimate of drug-likeness (QED) is 0.862. The summed E-state index contributed by atoms with van der Waals surface area (Å²) in [5.41, 5.74) is 0.338. The van der Waals surface area contributed by atoms with Gasteiger partial charge in [-0.3, -0.25) is 4.79 Å². The molecule has 2 atom stereocenters. The van der Waals surface area contributed by atoms with E-state index in [9.17, 15) is 4.79 Å². The second kappa shape index (κ2) is 8.02. The van der Waals surface area contributed by atoms with E-state index in [2.05, 4.69) is 5.32 Å². The van der Waals surface area contributed by atoms with Crippen LogP contribution >= 0.6 is 11.8 Å². The minimum absolute atomic E-state index is 0.120. The summed E-state index contributed by atoms with van der Waals surface area (Å²) >= 11 is 2.02. The summed E-state index contributed by atoms with van der Waals surface area (Å²) < 4.78 is 11.5. The molecule has 0 radical (unpaired) electrons. The van der Waals surface area contributed by atoms with Gasteiger partial charge in [-0.05, 0) is 61.4 Å². The van der Waals surface area contributed by atoms with Crippen LogP contribution in [-0.4, -0.2) is 49.9 Å². The highest BCUT2D eigenvalue weighted by molar-refractivity contribution is 7.99. The monoisotopic (exact) mass is 327 g/mol. The third kappa shape index (κ3) is 4.62. The first-order chi connectivity index (χ1) is 10.8. The Morgan fingerprint density at radius 3 is 2.77 bits per heavy atom. The summed E-state index contributed by atoms with van der Waals surface area (Å²) in [6.07, 6.45) is 7.65. The summed E-state index contributed by atoms with van der Waals surface area (Å²) in [6.45, 7) is 3.40. The van der Waals surface area contributed by atoms with Crippen LogP contribution in [0.25, 0.3) is 0 Å². The first kappa shape index (κ1) is 16.6. The number of nitrogens with one attached hydrogen (secondary N) is 1. The highest BCUT2D eigenvalue weighted by atomic mass is 32.2. The minimum atomic E-state index is 0.120. The van der Waals surface area contributed by atoms with Crippen molar-refractivity contribution in [2.45, 2.75) is 51.0 Å². The van der Waals surface area contributed by atoms with E-state index >= 15 is 0 Å². The zero-order valence-electron chi connectivity index (χ0n) is 13.5. The van der Waals surface area contributed by atoms with Gasteiger partial charge in [-0.1, -0.05) is 0 Å². The smallest absolute Gasteiger partial charge is 0.222 e. The van der Waals surface area contributed by atoms with Crippen molar-refractivity contribution >= 4 is 17.7 Å². The van der Waals surface area contributed by atoms with Gasteiger partial charge in [0, 0.05) is 19.8 Å².